The molecule has 3 saturated heterocycles. The molecule has 0 amide bonds. The van der Waals surface area contributed by atoms with Gasteiger partial charge in [-0.05, 0) is 24.3 Å². The molecule has 17 heteroatoms. The first kappa shape index (κ1) is 37.2. The first-order chi connectivity index (χ1) is 20.6. The van der Waals surface area contributed by atoms with Crippen molar-refractivity contribution in [3.63, 3.8) is 0 Å². The lowest BCUT2D eigenvalue weighted by molar-refractivity contribution is -0.379. The van der Waals surface area contributed by atoms with E-state index in [1.54, 1.807) is 0 Å². The summed E-state index contributed by atoms with van der Waals surface area (Å²) in [7, 11) is 0. The number of unbranched alkanes of at least 4 members (excludes halogenated alkanes) is 3. The quantitative estimate of drug-likeness (QED) is 0.0711. The summed E-state index contributed by atoms with van der Waals surface area (Å²) in [6, 6.07) is 0. The van der Waals surface area contributed by atoms with Crippen molar-refractivity contribution < 1.29 is 79.5 Å². The summed E-state index contributed by atoms with van der Waals surface area (Å²) >= 11 is 1.88. The number of ether oxygens (including phenoxy) is 6. The smallest absolute Gasteiger partial charge is 0.187 e. The van der Waals surface area contributed by atoms with Gasteiger partial charge >= 0.3 is 0 Å². The van der Waals surface area contributed by atoms with Gasteiger partial charge < -0.3 is 79.5 Å². The summed E-state index contributed by atoms with van der Waals surface area (Å²) in [5.41, 5.74) is 0. The van der Waals surface area contributed by atoms with E-state index in [2.05, 4.69) is 6.92 Å². The lowest BCUT2D eigenvalue weighted by Gasteiger charge is -2.48. The minimum Gasteiger partial charge on any atom is -0.394 e. The molecule has 0 radical (unpaired) electrons. The van der Waals surface area contributed by atoms with Crippen molar-refractivity contribution in [2.45, 2.75) is 125 Å². The third-order valence-electron chi connectivity index (χ3n) is 7.74. The van der Waals surface area contributed by atoms with Gasteiger partial charge in [0.25, 0.3) is 0 Å². The molecule has 0 aromatic heterocycles. The second-order valence-electron chi connectivity index (χ2n) is 10.8. The summed E-state index contributed by atoms with van der Waals surface area (Å²) in [5.74, 6) is 2.17. The Bertz CT molecular complexity index is 779. The summed E-state index contributed by atoms with van der Waals surface area (Å²) in [6.07, 6.45) is -20.1. The van der Waals surface area contributed by atoms with Gasteiger partial charge in [0, 0.05) is 6.61 Å². The SMILES string of the molecule is CCSCCCCCCO[C@@H]1OC(CO)[C@@H](O[C@@H]2OC(CO)[C@@H](O[C@@H]3OC(CO)[C@@H](O)[C@H](O)C3O)[C@H](O)C2O)[C@H](O)C1O. The summed E-state index contributed by atoms with van der Waals surface area (Å²) in [5, 5.41) is 102. The third-order valence-corrected chi connectivity index (χ3v) is 8.73. The topological polar surface area (TPSA) is 258 Å². The highest BCUT2D eigenvalue weighted by Gasteiger charge is 2.53. The van der Waals surface area contributed by atoms with Crippen LogP contribution >= 0.6 is 11.8 Å². The van der Waals surface area contributed by atoms with Crippen molar-refractivity contribution in [1.82, 2.24) is 0 Å². The Morgan fingerprint density at radius 2 is 1.00 bits per heavy atom. The molecule has 3 aliphatic rings. The van der Waals surface area contributed by atoms with Gasteiger partial charge in [-0.25, -0.2) is 0 Å². The first-order valence-electron chi connectivity index (χ1n) is 14.6. The van der Waals surface area contributed by atoms with Gasteiger partial charge in [0.05, 0.1) is 19.8 Å². The molecule has 10 N–H and O–H groups in total. The zero-order chi connectivity index (χ0) is 31.7. The zero-order valence-corrected chi connectivity index (χ0v) is 24.9. The summed E-state index contributed by atoms with van der Waals surface area (Å²) < 4.78 is 33.3. The predicted octanol–water partition coefficient (Wildman–Crippen LogP) is -4.24. The molecule has 3 aliphatic heterocycles. The number of thioether (sulfide) groups is 1. The molecule has 16 nitrogen and oxygen atoms in total. The van der Waals surface area contributed by atoms with Crippen LogP contribution in [0.5, 0.6) is 0 Å². The lowest BCUT2D eigenvalue weighted by Crippen LogP contribution is -2.66. The number of hydrogen-bond acceptors (Lipinski definition) is 17. The van der Waals surface area contributed by atoms with Crippen molar-refractivity contribution in [3.05, 3.63) is 0 Å². The largest absolute Gasteiger partial charge is 0.394 e. The molecule has 0 spiro atoms. The fraction of sp³-hybridized carbons (Fsp3) is 1.00. The molecule has 15 atom stereocenters. The minimum atomic E-state index is -1.88. The summed E-state index contributed by atoms with van der Waals surface area (Å²) in [6.45, 7) is 0.169. The van der Waals surface area contributed by atoms with Crippen molar-refractivity contribution in [2.75, 3.05) is 37.9 Å². The first-order valence-corrected chi connectivity index (χ1v) is 15.8. The van der Waals surface area contributed by atoms with Crippen LogP contribution < -0.4 is 0 Å². The molecule has 254 valence electrons. The molecule has 3 fully saturated rings. The van der Waals surface area contributed by atoms with E-state index in [1.807, 2.05) is 11.8 Å². The molecule has 3 heterocycles. The molecular formula is C26H48O16S. The maximum atomic E-state index is 10.8. The average molecular weight is 649 g/mol. The highest BCUT2D eigenvalue weighted by atomic mass is 32.2. The Kier molecular flexibility index (Phi) is 15.7. The van der Waals surface area contributed by atoms with Gasteiger partial charge in [0.2, 0.25) is 0 Å². The van der Waals surface area contributed by atoms with E-state index in [1.165, 1.54) is 0 Å². The lowest BCUT2D eigenvalue weighted by atomic mass is 9.96. The standard InChI is InChI=1S/C26H48O16S/c1-2-43-8-6-4-3-5-7-37-24-20(35)17(32)22(13(10-28)39-24)42-26-21(36)18(33)23(14(11-29)40-26)41-25-19(34)16(31)15(30)12(9-27)38-25/h12-36H,2-11H2,1H3/t12?,13?,14?,15-,16+,17-,18-,19?,20?,21?,22-,23-,24-,25+,26+/m1/s1. The molecule has 0 saturated carbocycles. The molecule has 6 unspecified atom stereocenters. The van der Waals surface area contributed by atoms with E-state index in [0.29, 0.717) is 6.42 Å². The normalized spacial score (nSPS) is 44.0. The monoisotopic (exact) mass is 648 g/mol. The molecule has 0 aromatic carbocycles. The van der Waals surface area contributed by atoms with E-state index < -0.39 is 112 Å². The van der Waals surface area contributed by atoms with Crippen LogP contribution in [0.25, 0.3) is 0 Å². The number of hydrogen-bond donors (Lipinski definition) is 10. The molecule has 0 aliphatic carbocycles. The zero-order valence-electron chi connectivity index (χ0n) is 24.1. The van der Waals surface area contributed by atoms with Gasteiger partial charge in [0.1, 0.15) is 73.2 Å². The fourth-order valence-electron chi connectivity index (χ4n) is 5.18. The highest BCUT2D eigenvalue weighted by Crippen LogP contribution is 2.32. The number of aliphatic hydroxyl groups is 10. The fourth-order valence-corrected chi connectivity index (χ4v) is 5.88. The van der Waals surface area contributed by atoms with Crippen LogP contribution in [0.1, 0.15) is 32.6 Å². The second kappa shape index (κ2) is 18.2. The van der Waals surface area contributed by atoms with E-state index in [-0.39, 0.29) is 6.61 Å². The minimum absolute atomic E-state index is 0.254. The van der Waals surface area contributed by atoms with Crippen LogP contribution in [-0.2, 0) is 28.4 Å². The number of aliphatic hydroxyl groups excluding tert-OH is 10. The van der Waals surface area contributed by atoms with Crippen molar-refractivity contribution in [1.29, 1.82) is 0 Å². The Morgan fingerprint density at radius 1 is 0.535 bits per heavy atom. The molecule has 43 heavy (non-hydrogen) atoms. The van der Waals surface area contributed by atoms with E-state index in [9.17, 15) is 51.1 Å². The molecule has 0 aromatic rings. The molecular weight excluding hydrogens is 600 g/mol. The maximum Gasteiger partial charge on any atom is 0.187 e. The Balaban J connectivity index is 1.57. The Hall–Kier alpha value is -0.290. The molecule has 0 bridgehead atoms. The van der Waals surface area contributed by atoms with E-state index in [4.69, 9.17) is 28.4 Å². The van der Waals surface area contributed by atoms with Crippen LogP contribution in [0.3, 0.4) is 0 Å². The predicted molar refractivity (Wildman–Crippen MR) is 146 cm³/mol. The van der Waals surface area contributed by atoms with Crippen LogP contribution in [0, 0.1) is 0 Å². The van der Waals surface area contributed by atoms with Gasteiger partial charge in [-0.15, -0.1) is 0 Å². The summed E-state index contributed by atoms with van der Waals surface area (Å²) in [4.78, 5) is 0. The van der Waals surface area contributed by atoms with Gasteiger partial charge in [-0.2, -0.15) is 11.8 Å². The third kappa shape index (κ3) is 9.39. The van der Waals surface area contributed by atoms with Gasteiger partial charge in [0.15, 0.2) is 18.9 Å². The van der Waals surface area contributed by atoms with Gasteiger partial charge in [-0.3, -0.25) is 0 Å². The Morgan fingerprint density at radius 3 is 1.53 bits per heavy atom. The van der Waals surface area contributed by atoms with Gasteiger partial charge in [-0.1, -0.05) is 19.8 Å². The van der Waals surface area contributed by atoms with E-state index >= 15 is 0 Å². The van der Waals surface area contributed by atoms with Crippen LogP contribution in [0.15, 0.2) is 0 Å². The van der Waals surface area contributed by atoms with Crippen LogP contribution in [0.4, 0.5) is 0 Å². The molecule has 3 rings (SSSR count). The second-order valence-corrected chi connectivity index (χ2v) is 12.2. The Labute approximate surface area is 254 Å². The van der Waals surface area contributed by atoms with Crippen molar-refractivity contribution in [3.8, 4) is 0 Å². The maximum absolute atomic E-state index is 10.8. The average Bonchev–Trinajstić information content (AvgIpc) is 3.01. The number of rotatable bonds is 16. The van der Waals surface area contributed by atoms with Crippen molar-refractivity contribution >= 4 is 11.8 Å². The highest BCUT2D eigenvalue weighted by molar-refractivity contribution is 7.99. The van der Waals surface area contributed by atoms with Crippen LogP contribution in [0.2, 0.25) is 0 Å². The van der Waals surface area contributed by atoms with E-state index in [0.717, 1.165) is 30.8 Å². The van der Waals surface area contributed by atoms with Crippen molar-refractivity contribution in [2.24, 2.45) is 0 Å². The van der Waals surface area contributed by atoms with Crippen LogP contribution in [-0.4, -0.2) is 181 Å².